The SMILES string of the molecule is COc1cccc(C(=O)Nc2ccc(OCCNC3CCN(C)CC3)c(-c3c(Cl)cnn3C)c2)c1. The lowest BCUT2D eigenvalue weighted by Crippen LogP contribution is -2.42. The molecule has 2 heterocycles. The predicted molar refractivity (Wildman–Crippen MR) is 139 cm³/mol. The number of nitrogens with zero attached hydrogens (tertiary/aromatic N) is 3. The van der Waals surface area contributed by atoms with Crippen LogP contribution in [0, 0.1) is 0 Å². The van der Waals surface area contributed by atoms with Gasteiger partial charge in [0.1, 0.15) is 18.1 Å². The first-order valence-corrected chi connectivity index (χ1v) is 12.1. The van der Waals surface area contributed by atoms with Crippen LogP contribution < -0.4 is 20.1 Å². The maximum atomic E-state index is 12.8. The van der Waals surface area contributed by atoms with Gasteiger partial charge in [0.05, 0.1) is 24.0 Å². The molecular formula is C26H32ClN5O3. The number of carbonyl (C=O) groups is 1. The highest BCUT2D eigenvalue weighted by Crippen LogP contribution is 2.36. The summed E-state index contributed by atoms with van der Waals surface area (Å²) in [5, 5.41) is 11.3. The molecule has 0 spiro atoms. The summed E-state index contributed by atoms with van der Waals surface area (Å²) >= 11 is 6.46. The second-order valence-electron chi connectivity index (χ2n) is 8.74. The third kappa shape index (κ3) is 6.33. The molecule has 186 valence electrons. The monoisotopic (exact) mass is 497 g/mol. The number of ether oxygens (including phenoxy) is 2. The van der Waals surface area contributed by atoms with Crippen molar-refractivity contribution in [1.82, 2.24) is 20.0 Å². The summed E-state index contributed by atoms with van der Waals surface area (Å²) in [6.45, 7) is 3.50. The Morgan fingerprint density at radius 2 is 1.97 bits per heavy atom. The number of rotatable bonds is 9. The zero-order valence-electron chi connectivity index (χ0n) is 20.4. The summed E-state index contributed by atoms with van der Waals surface area (Å²) in [5.74, 6) is 1.07. The van der Waals surface area contributed by atoms with E-state index >= 15 is 0 Å². The van der Waals surface area contributed by atoms with Gasteiger partial charge in [-0.3, -0.25) is 9.48 Å². The molecule has 9 heteroatoms. The number of likely N-dealkylation sites (tertiary alicyclic amines) is 1. The van der Waals surface area contributed by atoms with Gasteiger partial charge in [0.15, 0.2) is 0 Å². The Morgan fingerprint density at radius 1 is 1.17 bits per heavy atom. The molecule has 3 aromatic rings. The minimum Gasteiger partial charge on any atom is -0.497 e. The van der Waals surface area contributed by atoms with Crippen molar-refractivity contribution in [3.8, 4) is 22.8 Å². The van der Waals surface area contributed by atoms with Gasteiger partial charge in [0.25, 0.3) is 5.91 Å². The van der Waals surface area contributed by atoms with E-state index in [-0.39, 0.29) is 5.91 Å². The molecule has 2 aromatic carbocycles. The Bertz CT molecular complexity index is 1140. The van der Waals surface area contributed by atoms with Crippen LogP contribution in [0.25, 0.3) is 11.3 Å². The van der Waals surface area contributed by atoms with Crippen LogP contribution in [-0.4, -0.2) is 67.0 Å². The van der Waals surface area contributed by atoms with Crippen LogP contribution in [0.3, 0.4) is 0 Å². The van der Waals surface area contributed by atoms with Gasteiger partial charge in [-0.15, -0.1) is 0 Å². The molecule has 8 nitrogen and oxygen atoms in total. The van der Waals surface area contributed by atoms with Crippen LogP contribution in [0.4, 0.5) is 5.69 Å². The Kier molecular flexibility index (Phi) is 8.28. The molecule has 0 unspecified atom stereocenters. The molecule has 0 saturated carbocycles. The number of hydrogen-bond donors (Lipinski definition) is 2. The maximum absolute atomic E-state index is 12.8. The molecule has 0 atom stereocenters. The molecule has 35 heavy (non-hydrogen) atoms. The second kappa shape index (κ2) is 11.6. The zero-order valence-corrected chi connectivity index (χ0v) is 21.1. The van der Waals surface area contributed by atoms with Gasteiger partial charge in [-0.25, -0.2) is 0 Å². The van der Waals surface area contributed by atoms with Gasteiger partial charge >= 0.3 is 0 Å². The maximum Gasteiger partial charge on any atom is 0.255 e. The van der Waals surface area contributed by atoms with Gasteiger partial charge in [-0.05, 0) is 69.4 Å². The van der Waals surface area contributed by atoms with E-state index in [0.717, 1.165) is 43.7 Å². The van der Waals surface area contributed by atoms with Gasteiger partial charge in [-0.1, -0.05) is 17.7 Å². The van der Waals surface area contributed by atoms with Gasteiger partial charge in [0, 0.05) is 36.4 Å². The van der Waals surface area contributed by atoms with Crippen LogP contribution in [0.15, 0.2) is 48.7 Å². The number of methoxy groups -OCH3 is 1. The lowest BCUT2D eigenvalue weighted by atomic mass is 10.1. The number of benzene rings is 2. The molecule has 1 aliphatic rings. The van der Waals surface area contributed by atoms with Gasteiger partial charge in [0.2, 0.25) is 0 Å². The first kappa shape index (κ1) is 25.0. The minimum absolute atomic E-state index is 0.234. The molecular weight excluding hydrogens is 466 g/mol. The van der Waals surface area contributed by atoms with Crippen molar-refractivity contribution < 1.29 is 14.3 Å². The van der Waals surface area contributed by atoms with E-state index in [1.807, 2.05) is 25.2 Å². The molecule has 2 N–H and O–H groups in total. The van der Waals surface area contributed by atoms with E-state index in [9.17, 15) is 4.79 Å². The molecule has 0 aliphatic carbocycles. The standard InChI is InChI=1S/C26H32ClN5O3/c1-31-12-9-19(10-13-31)28-11-14-35-24-8-7-20(16-22(24)25-23(27)17-29-32(25)2)30-26(33)18-5-4-6-21(15-18)34-3/h4-8,15-17,19,28H,9-14H2,1-3H3,(H,30,33). The fourth-order valence-electron chi connectivity index (χ4n) is 4.24. The van der Waals surface area contributed by atoms with E-state index in [1.54, 1.807) is 42.3 Å². The normalized spacial score (nSPS) is 14.6. The van der Waals surface area contributed by atoms with Crippen LogP contribution in [0.1, 0.15) is 23.2 Å². The molecule has 1 amide bonds. The number of carbonyl (C=O) groups excluding carboxylic acids is 1. The van der Waals surface area contributed by atoms with Gasteiger partial charge in [-0.2, -0.15) is 5.10 Å². The molecule has 0 radical (unpaired) electrons. The Morgan fingerprint density at radius 3 is 2.69 bits per heavy atom. The van der Waals surface area contributed by atoms with Crippen molar-refractivity contribution in [1.29, 1.82) is 0 Å². The summed E-state index contributed by atoms with van der Waals surface area (Å²) in [6, 6.07) is 13.1. The average molecular weight is 498 g/mol. The van der Waals surface area contributed by atoms with E-state index < -0.39 is 0 Å². The number of halogens is 1. The Balaban J connectivity index is 1.48. The van der Waals surface area contributed by atoms with Crippen molar-refractivity contribution in [2.24, 2.45) is 7.05 Å². The molecule has 1 aliphatic heterocycles. The Hall–Kier alpha value is -3.07. The largest absolute Gasteiger partial charge is 0.497 e. The summed E-state index contributed by atoms with van der Waals surface area (Å²) < 4.78 is 13.1. The highest BCUT2D eigenvalue weighted by molar-refractivity contribution is 6.33. The first-order chi connectivity index (χ1) is 16.9. The van der Waals surface area contributed by atoms with Crippen molar-refractivity contribution in [2.45, 2.75) is 18.9 Å². The van der Waals surface area contributed by atoms with E-state index in [1.165, 1.54) is 0 Å². The summed E-state index contributed by atoms with van der Waals surface area (Å²) in [7, 11) is 5.56. The number of aryl methyl sites for hydroxylation is 1. The summed E-state index contributed by atoms with van der Waals surface area (Å²) in [6.07, 6.45) is 3.89. The van der Waals surface area contributed by atoms with E-state index in [2.05, 4.69) is 27.7 Å². The molecule has 4 rings (SSSR count). The number of piperidine rings is 1. The van der Waals surface area contributed by atoms with Crippen molar-refractivity contribution in [2.75, 3.05) is 45.7 Å². The molecule has 1 aromatic heterocycles. The number of nitrogens with one attached hydrogen (secondary N) is 2. The summed E-state index contributed by atoms with van der Waals surface area (Å²) in [5.41, 5.74) is 2.62. The fourth-order valence-corrected chi connectivity index (χ4v) is 4.50. The topological polar surface area (TPSA) is 80.7 Å². The lowest BCUT2D eigenvalue weighted by Gasteiger charge is -2.29. The van der Waals surface area contributed by atoms with Crippen LogP contribution >= 0.6 is 11.6 Å². The van der Waals surface area contributed by atoms with Gasteiger partial charge < -0.3 is 25.0 Å². The lowest BCUT2D eigenvalue weighted by molar-refractivity contribution is 0.102. The number of anilines is 1. The third-order valence-electron chi connectivity index (χ3n) is 6.23. The van der Waals surface area contributed by atoms with Crippen LogP contribution in [0.2, 0.25) is 5.02 Å². The Labute approximate surface area is 211 Å². The van der Waals surface area contributed by atoms with Crippen molar-refractivity contribution in [3.63, 3.8) is 0 Å². The summed E-state index contributed by atoms with van der Waals surface area (Å²) in [4.78, 5) is 15.2. The number of amides is 1. The van der Waals surface area contributed by atoms with Crippen molar-refractivity contribution >= 4 is 23.2 Å². The van der Waals surface area contributed by atoms with Crippen molar-refractivity contribution in [3.05, 3.63) is 59.2 Å². The van der Waals surface area contributed by atoms with E-state index in [4.69, 9.17) is 21.1 Å². The average Bonchev–Trinajstić information content (AvgIpc) is 3.21. The number of hydrogen-bond acceptors (Lipinski definition) is 6. The zero-order chi connectivity index (χ0) is 24.8. The smallest absolute Gasteiger partial charge is 0.255 e. The fraction of sp³-hybridized carbons (Fsp3) is 0.385. The predicted octanol–water partition coefficient (Wildman–Crippen LogP) is 4.06. The number of aromatic nitrogens is 2. The third-order valence-corrected chi connectivity index (χ3v) is 6.51. The molecule has 1 fully saturated rings. The highest BCUT2D eigenvalue weighted by Gasteiger charge is 2.18. The second-order valence-corrected chi connectivity index (χ2v) is 9.15. The highest BCUT2D eigenvalue weighted by atomic mass is 35.5. The van der Waals surface area contributed by atoms with E-state index in [0.29, 0.717) is 40.4 Å². The molecule has 1 saturated heterocycles. The molecule has 0 bridgehead atoms. The van der Waals surface area contributed by atoms with Crippen LogP contribution in [0.5, 0.6) is 11.5 Å². The van der Waals surface area contributed by atoms with Crippen LogP contribution in [-0.2, 0) is 7.05 Å². The quantitative estimate of drug-likeness (QED) is 0.434. The minimum atomic E-state index is -0.234. The first-order valence-electron chi connectivity index (χ1n) is 11.8.